The number of halogens is 1. The molecule has 1 aliphatic carbocycles. The Morgan fingerprint density at radius 3 is 3.04 bits per heavy atom. The zero-order chi connectivity index (χ0) is 19.3. The van der Waals surface area contributed by atoms with Crippen LogP contribution in [0.4, 0.5) is 5.82 Å². The summed E-state index contributed by atoms with van der Waals surface area (Å²) < 4.78 is 7.65. The summed E-state index contributed by atoms with van der Waals surface area (Å²) in [4.78, 5) is 17.8. The Hall–Kier alpha value is -2.45. The average Bonchev–Trinajstić information content (AvgIpc) is 3.33. The molecule has 3 aromatic rings. The van der Waals surface area contributed by atoms with Crippen LogP contribution in [0, 0.1) is 5.92 Å². The molecule has 1 aliphatic heterocycles. The SMILES string of the molecule is Nc1cc(C(=O)C2NCCC3CCCC=C32)cc2nc(-c3ccc(Br)o3)nn12. The summed E-state index contributed by atoms with van der Waals surface area (Å²) in [6, 6.07) is 6.72. The van der Waals surface area contributed by atoms with Crippen molar-refractivity contribution in [2.45, 2.75) is 31.7 Å². The second kappa shape index (κ2) is 6.86. The second-order valence-corrected chi connectivity index (χ2v) is 8.13. The maximum absolute atomic E-state index is 13.3. The Kier molecular flexibility index (Phi) is 4.32. The fraction of sp³-hybridized carbons (Fsp3) is 0.350. The predicted molar refractivity (Wildman–Crippen MR) is 109 cm³/mol. The Labute approximate surface area is 170 Å². The Bertz CT molecular complexity index is 1100. The molecule has 7 nitrogen and oxygen atoms in total. The number of nitrogens with two attached hydrogens (primary N) is 1. The minimum atomic E-state index is -0.274. The van der Waals surface area contributed by atoms with Gasteiger partial charge in [0.25, 0.3) is 0 Å². The van der Waals surface area contributed by atoms with E-state index in [9.17, 15) is 4.79 Å². The number of fused-ring (bicyclic) bond motifs is 2. The molecule has 144 valence electrons. The lowest BCUT2D eigenvalue weighted by Crippen LogP contribution is -2.46. The number of hydrogen-bond acceptors (Lipinski definition) is 6. The van der Waals surface area contributed by atoms with Crippen LogP contribution in [0.25, 0.3) is 17.2 Å². The highest BCUT2D eigenvalue weighted by Gasteiger charge is 2.33. The number of hydrogen-bond donors (Lipinski definition) is 2. The van der Waals surface area contributed by atoms with Gasteiger partial charge in [0.2, 0.25) is 5.82 Å². The number of rotatable bonds is 3. The van der Waals surface area contributed by atoms with Gasteiger partial charge in [-0.05, 0) is 83.9 Å². The molecule has 5 rings (SSSR count). The minimum absolute atomic E-state index is 0.0392. The smallest absolute Gasteiger partial charge is 0.218 e. The van der Waals surface area contributed by atoms with Crippen molar-refractivity contribution in [2.75, 3.05) is 12.3 Å². The number of carbonyl (C=O) groups excluding carboxylic acids is 1. The number of Topliss-reactive ketones (excluding diaryl/α,β-unsaturated/α-hetero) is 1. The van der Waals surface area contributed by atoms with E-state index in [2.05, 4.69) is 37.4 Å². The van der Waals surface area contributed by atoms with Crippen molar-refractivity contribution in [3.8, 4) is 11.6 Å². The van der Waals surface area contributed by atoms with Gasteiger partial charge in [-0.1, -0.05) is 6.08 Å². The zero-order valence-corrected chi connectivity index (χ0v) is 16.8. The van der Waals surface area contributed by atoms with Crippen molar-refractivity contribution in [3.05, 3.63) is 46.1 Å². The quantitative estimate of drug-likeness (QED) is 0.475. The van der Waals surface area contributed by atoms with Gasteiger partial charge in [0.05, 0.1) is 6.04 Å². The van der Waals surface area contributed by atoms with Crippen LogP contribution in [-0.2, 0) is 0 Å². The van der Waals surface area contributed by atoms with Crippen molar-refractivity contribution >= 4 is 33.2 Å². The molecule has 4 heterocycles. The molecule has 2 unspecified atom stereocenters. The lowest BCUT2D eigenvalue weighted by Gasteiger charge is -2.35. The first-order chi connectivity index (χ1) is 13.6. The van der Waals surface area contributed by atoms with Crippen molar-refractivity contribution in [2.24, 2.45) is 5.92 Å². The fourth-order valence-corrected chi connectivity index (χ4v) is 4.56. The molecule has 2 atom stereocenters. The number of nitrogens with zero attached hydrogens (tertiary/aromatic N) is 3. The number of piperidine rings is 1. The normalized spacial score (nSPS) is 22.1. The van der Waals surface area contributed by atoms with Gasteiger partial charge in [-0.2, -0.15) is 4.52 Å². The van der Waals surface area contributed by atoms with Gasteiger partial charge in [0, 0.05) is 5.56 Å². The molecule has 8 heteroatoms. The summed E-state index contributed by atoms with van der Waals surface area (Å²) in [5.74, 6) is 1.88. The van der Waals surface area contributed by atoms with E-state index >= 15 is 0 Å². The first kappa shape index (κ1) is 17.6. The van der Waals surface area contributed by atoms with Gasteiger partial charge in [0.1, 0.15) is 5.82 Å². The zero-order valence-electron chi connectivity index (χ0n) is 15.2. The largest absolute Gasteiger partial charge is 0.446 e. The van der Waals surface area contributed by atoms with Gasteiger partial charge in [-0.3, -0.25) is 4.79 Å². The van der Waals surface area contributed by atoms with Crippen LogP contribution in [0.3, 0.4) is 0 Å². The monoisotopic (exact) mass is 441 g/mol. The number of furan rings is 1. The van der Waals surface area contributed by atoms with Gasteiger partial charge >= 0.3 is 0 Å². The minimum Gasteiger partial charge on any atom is -0.446 e. The molecule has 0 radical (unpaired) electrons. The highest BCUT2D eigenvalue weighted by atomic mass is 79.9. The maximum atomic E-state index is 13.3. The number of allylic oxidation sites excluding steroid dienone is 1. The van der Waals surface area contributed by atoms with E-state index < -0.39 is 0 Å². The number of nitrogen functional groups attached to an aromatic ring is 1. The van der Waals surface area contributed by atoms with Crippen LogP contribution in [0.1, 0.15) is 36.0 Å². The molecule has 3 aromatic heterocycles. The molecular weight excluding hydrogens is 422 g/mol. The van der Waals surface area contributed by atoms with Crippen LogP contribution >= 0.6 is 15.9 Å². The topological polar surface area (TPSA) is 98.5 Å². The van der Waals surface area contributed by atoms with Crippen molar-refractivity contribution in [3.63, 3.8) is 0 Å². The molecule has 3 N–H and O–H groups in total. The number of ketones is 1. The van der Waals surface area contributed by atoms with E-state index in [1.165, 1.54) is 22.9 Å². The van der Waals surface area contributed by atoms with Gasteiger partial charge < -0.3 is 15.5 Å². The lowest BCUT2D eigenvalue weighted by molar-refractivity contribution is 0.0942. The molecular formula is C20H20BrN5O2. The third-order valence-electron chi connectivity index (χ3n) is 5.59. The number of anilines is 1. The number of pyridine rings is 1. The third-order valence-corrected chi connectivity index (χ3v) is 6.01. The Morgan fingerprint density at radius 2 is 2.21 bits per heavy atom. The summed E-state index contributed by atoms with van der Waals surface area (Å²) in [5, 5.41) is 7.80. The van der Waals surface area contributed by atoms with E-state index in [1.54, 1.807) is 24.3 Å². The third kappa shape index (κ3) is 2.97. The van der Waals surface area contributed by atoms with E-state index in [4.69, 9.17) is 10.2 Å². The second-order valence-electron chi connectivity index (χ2n) is 7.35. The molecule has 28 heavy (non-hydrogen) atoms. The summed E-state index contributed by atoms with van der Waals surface area (Å²) in [5.41, 5.74) is 8.50. The predicted octanol–water partition coefficient (Wildman–Crippen LogP) is 3.61. The van der Waals surface area contributed by atoms with Gasteiger partial charge in [0.15, 0.2) is 21.9 Å². The number of carbonyl (C=O) groups is 1. The summed E-state index contributed by atoms with van der Waals surface area (Å²) >= 11 is 3.28. The van der Waals surface area contributed by atoms with Crippen LogP contribution in [-0.4, -0.2) is 33.0 Å². The fourth-order valence-electron chi connectivity index (χ4n) is 4.25. The summed E-state index contributed by atoms with van der Waals surface area (Å²) in [7, 11) is 0. The molecule has 1 saturated heterocycles. The van der Waals surface area contributed by atoms with Gasteiger partial charge in [-0.15, -0.1) is 5.10 Å². The molecule has 0 bridgehead atoms. The lowest BCUT2D eigenvalue weighted by atomic mass is 9.77. The number of aromatic nitrogens is 3. The Balaban J connectivity index is 1.52. The van der Waals surface area contributed by atoms with E-state index in [0.717, 1.165) is 19.4 Å². The van der Waals surface area contributed by atoms with Crippen molar-refractivity contribution < 1.29 is 9.21 Å². The summed E-state index contributed by atoms with van der Waals surface area (Å²) in [6.07, 6.45) is 6.77. The molecule has 0 aromatic carbocycles. The number of nitrogens with one attached hydrogen (secondary N) is 1. The molecule has 1 fully saturated rings. The van der Waals surface area contributed by atoms with Gasteiger partial charge in [-0.25, -0.2) is 4.98 Å². The molecule has 0 amide bonds. The first-order valence-corrected chi connectivity index (χ1v) is 10.3. The van der Waals surface area contributed by atoms with Crippen LogP contribution in [0.5, 0.6) is 0 Å². The van der Waals surface area contributed by atoms with Crippen LogP contribution < -0.4 is 11.1 Å². The Morgan fingerprint density at radius 1 is 1.32 bits per heavy atom. The highest BCUT2D eigenvalue weighted by molar-refractivity contribution is 9.10. The summed E-state index contributed by atoms with van der Waals surface area (Å²) in [6.45, 7) is 0.860. The van der Waals surface area contributed by atoms with E-state index in [0.29, 0.717) is 39.2 Å². The van der Waals surface area contributed by atoms with Crippen LogP contribution in [0.15, 0.2) is 45.0 Å². The molecule has 2 aliphatic rings. The van der Waals surface area contributed by atoms with Crippen molar-refractivity contribution in [1.82, 2.24) is 19.9 Å². The maximum Gasteiger partial charge on any atom is 0.218 e. The van der Waals surface area contributed by atoms with Crippen molar-refractivity contribution in [1.29, 1.82) is 0 Å². The van der Waals surface area contributed by atoms with E-state index in [1.807, 2.05) is 0 Å². The standard InChI is InChI=1S/C20H20BrN5O2/c21-15-6-5-14(28-15)20-24-17-10-12(9-16(22)26(17)25-20)19(27)18-13-4-2-1-3-11(13)7-8-23-18/h4-6,9-11,18,23H,1-3,7-8,22H2. The molecule has 0 spiro atoms. The average molecular weight is 442 g/mol. The van der Waals surface area contributed by atoms with E-state index in [-0.39, 0.29) is 11.8 Å². The first-order valence-electron chi connectivity index (χ1n) is 9.50. The molecule has 0 saturated carbocycles. The van der Waals surface area contributed by atoms with Crippen LogP contribution in [0.2, 0.25) is 0 Å². The highest BCUT2D eigenvalue weighted by Crippen LogP contribution is 2.34.